The SMILES string of the molecule is Cc1cc([N+](=O)[O-])cc(C)c1NC(=O)CC1CCCC1. The molecule has 0 radical (unpaired) electrons. The molecule has 20 heavy (non-hydrogen) atoms. The van der Waals surface area contributed by atoms with Gasteiger partial charge in [-0.2, -0.15) is 0 Å². The second-order valence-electron chi connectivity index (χ2n) is 5.61. The molecule has 0 aliphatic heterocycles. The van der Waals surface area contributed by atoms with Crippen molar-refractivity contribution >= 4 is 17.3 Å². The number of hydrogen-bond donors (Lipinski definition) is 1. The number of amides is 1. The maximum absolute atomic E-state index is 12.0. The van der Waals surface area contributed by atoms with Gasteiger partial charge in [0.2, 0.25) is 5.91 Å². The summed E-state index contributed by atoms with van der Waals surface area (Å²) in [5, 5.41) is 13.7. The lowest BCUT2D eigenvalue weighted by Crippen LogP contribution is -2.16. The number of anilines is 1. The van der Waals surface area contributed by atoms with Crippen LogP contribution in [0.5, 0.6) is 0 Å². The van der Waals surface area contributed by atoms with Gasteiger partial charge in [-0.15, -0.1) is 0 Å². The third kappa shape index (κ3) is 3.35. The Morgan fingerprint density at radius 2 is 1.85 bits per heavy atom. The minimum atomic E-state index is -0.413. The van der Waals surface area contributed by atoms with E-state index in [0.717, 1.165) is 24.0 Å². The minimum absolute atomic E-state index is 0.0111. The molecule has 2 rings (SSSR count). The second kappa shape index (κ2) is 6.03. The molecule has 108 valence electrons. The number of aryl methyl sites for hydroxylation is 2. The first-order valence-electron chi connectivity index (χ1n) is 7.03. The van der Waals surface area contributed by atoms with Crippen molar-refractivity contribution in [3.63, 3.8) is 0 Å². The number of benzene rings is 1. The van der Waals surface area contributed by atoms with Crippen LogP contribution >= 0.6 is 0 Å². The molecule has 0 saturated heterocycles. The van der Waals surface area contributed by atoms with Crippen LogP contribution in [0.2, 0.25) is 0 Å². The molecule has 5 nitrogen and oxygen atoms in total. The third-order valence-corrected chi connectivity index (χ3v) is 3.94. The fourth-order valence-corrected chi connectivity index (χ4v) is 2.91. The highest BCUT2D eigenvalue weighted by Gasteiger charge is 2.20. The highest BCUT2D eigenvalue weighted by atomic mass is 16.6. The van der Waals surface area contributed by atoms with Crippen LogP contribution in [0.3, 0.4) is 0 Å². The Balaban J connectivity index is 2.08. The zero-order chi connectivity index (χ0) is 14.7. The van der Waals surface area contributed by atoms with Gasteiger partial charge in [0.15, 0.2) is 0 Å². The van der Waals surface area contributed by atoms with Gasteiger partial charge in [-0.1, -0.05) is 12.8 Å². The van der Waals surface area contributed by atoms with Gasteiger partial charge in [0, 0.05) is 24.2 Å². The number of nitro benzene ring substituents is 1. The first-order valence-corrected chi connectivity index (χ1v) is 7.03. The van der Waals surface area contributed by atoms with Gasteiger partial charge < -0.3 is 5.32 Å². The van der Waals surface area contributed by atoms with E-state index in [0.29, 0.717) is 18.0 Å². The summed E-state index contributed by atoms with van der Waals surface area (Å²) in [6.07, 6.45) is 5.24. The molecule has 1 aromatic carbocycles. The monoisotopic (exact) mass is 276 g/mol. The maximum Gasteiger partial charge on any atom is 0.270 e. The molecule has 0 spiro atoms. The molecule has 5 heteroatoms. The van der Waals surface area contributed by atoms with Crippen molar-refractivity contribution in [1.29, 1.82) is 0 Å². The lowest BCUT2D eigenvalue weighted by atomic mass is 10.0. The topological polar surface area (TPSA) is 72.2 Å². The van der Waals surface area contributed by atoms with E-state index in [1.807, 2.05) is 0 Å². The van der Waals surface area contributed by atoms with Crippen molar-refractivity contribution in [3.8, 4) is 0 Å². The summed E-state index contributed by atoms with van der Waals surface area (Å²) in [7, 11) is 0. The summed E-state index contributed by atoms with van der Waals surface area (Å²) >= 11 is 0. The molecule has 1 aromatic rings. The molecule has 1 aliphatic rings. The molecule has 1 saturated carbocycles. The maximum atomic E-state index is 12.0. The van der Waals surface area contributed by atoms with Gasteiger partial charge in [0.05, 0.1) is 4.92 Å². The van der Waals surface area contributed by atoms with Crippen molar-refractivity contribution < 1.29 is 9.72 Å². The highest BCUT2D eigenvalue weighted by Crippen LogP contribution is 2.29. The largest absolute Gasteiger partial charge is 0.326 e. The summed E-state index contributed by atoms with van der Waals surface area (Å²) in [5.74, 6) is 0.505. The second-order valence-corrected chi connectivity index (χ2v) is 5.61. The van der Waals surface area contributed by atoms with Gasteiger partial charge in [-0.3, -0.25) is 14.9 Å². The average molecular weight is 276 g/mol. The van der Waals surface area contributed by atoms with Crippen LogP contribution in [0.15, 0.2) is 12.1 Å². The summed E-state index contributed by atoms with van der Waals surface area (Å²) < 4.78 is 0. The van der Waals surface area contributed by atoms with Crippen LogP contribution in [0, 0.1) is 29.9 Å². The number of non-ortho nitro benzene ring substituents is 1. The molecule has 1 fully saturated rings. The summed E-state index contributed by atoms with van der Waals surface area (Å²) in [4.78, 5) is 22.4. The van der Waals surface area contributed by atoms with Gasteiger partial charge in [0.25, 0.3) is 5.69 Å². The summed E-state index contributed by atoms with van der Waals surface area (Å²) in [6, 6.07) is 3.00. The zero-order valence-corrected chi connectivity index (χ0v) is 11.9. The summed E-state index contributed by atoms with van der Waals surface area (Å²) in [5.41, 5.74) is 2.24. The van der Waals surface area contributed by atoms with Gasteiger partial charge in [-0.25, -0.2) is 0 Å². The predicted molar refractivity (Wildman–Crippen MR) is 77.8 cm³/mol. The van der Waals surface area contributed by atoms with E-state index in [1.165, 1.54) is 25.0 Å². The van der Waals surface area contributed by atoms with E-state index in [4.69, 9.17) is 0 Å². The van der Waals surface area contributed by atoms with Gasteiger partial charge in [-0.05, 0) is 43.7 Å². The number of hydrogen-bond acceptors (Lipinski definition) is 3. The molecule has 0 bridgehead atoms. The number of rotatable bonds is 4. The smallest absolute Gasteiger partial charge is 0.270 e. The molecular formula is C15H20N2O3. The van der Waals surface area contributed by atoms with Crippen molar-refractivity contribution in [3.05, 3.63) is 33.4 Å². The number of nitro groups is 1. The van der Waals surface area contributed by atoms with E-state index in [2.05, 4.69) is 5.32 Å². The molecule has 1 amide bonds. The number of nitrogens with one attached hydrogen (secondary N) is 1. The predicted octanol–water partition coefficient (Wildman–Crippen LogP) is 3.73. The highest BCUT2D eigenvalue weighted by molar-refractivity contribution is 5.92. The van der Waals surface area contributed by atoms with E-state index >= 15 is 0 Å². The third-order valence-electron chi connectivity index (χ3n) is 3.94. The van der Waals surface area contributed by atoms with Crippen LogP contribution < -0.4 is 5.32 Å². The van der Waals surface area contributed by atoms with E-state index in [-0.39, 0.29) is 11.6 Å². The average Bonchev–Trinajstić information content (AvgIpc) is 2.86. The van der Waals surface area contributed by atoms with Crippen LogP contribution in [0.25, 0.3) is 0 Å². The number of nitrogens with zero attached hydrogens (tertiary/aromatic N) is 1. The molecule has 0 heterocycles. The lowest BCUT2D eigenvalue weighted by molar-refractivity contribution is -0.384. The zero-order valence-electron chi connectivity index (χ0n) is 11.9. The van der Waals surface area contributed by atoms with E-state index in [9.17, 15) is 14.9 Å². The Morgan fingerprint density at radius 1 is 1.30 bits per heavy atom. The quantitative estimate of drug-likeness (QED) is 0.672. The first-order chi connectivity index (χ1) is 9.47. The molecular weight excluding hydrogens is 256 g/mol. The van der Waals surface area contributed by atoms with Crippen molar-refractivity contribution in [1.82, 2.24) is 0 Å². The van der Waals surface area contributed by atoms with Crippen LogP contribution in [0.1, 0.15) is 43.2 Å². The standard InChI is InChI=1S/C15H20N2O3/c1-10-7-13(17(19)20)8-11(2)15(10)16-14(18)9-12-5-3-4-6-12/h7-8,12H,3-6,9H2,1-2H3,(H,16,18). The van der Waals surface area contributed by atoms with Crippen molar-refractivity contribution in [2.75, 3.05) is 5.32 Å². The summed E-state index contributed by atoms with van der Waals surface area (Å²) in [6.45, 7) is 3.57. The molecule has 0 unspecified atom stereocenters. The minimum Gasteiger partial charge on any atom is -0.326 e. The first kappa shape index (κ1) is 14.5. The lowest BCUT2D eigenvalue weighted by Gasteiger charge is -2.13. The fourth-order valence-electron chi connectivity index (χ4n) is 2.91. The Bertz CT molecular complexity index is 511. The fraction of sp³-hybridized carbons (Fsp3) is 0.533. The molecule has 0 aromatic heterocycles. The van der Waals surface area contributed by atoms with Gasteiger partial charge in [0.1, 0.15) is 0 Å². The van der Waals surface area contributed by atoms with Crippen molar-refractivity contribution in [2.24, 2.45) is 5.92 Å². The van der Waals surface area contributed by atoms with Crippen LogP contribution in [-0.2, 0) is 4.79 Å². The van der Waals surface area contributed by atoms with E-state index in [1.54, 1.807) is 13.8 Å². The molecule has 1 aliphatic carbocycles. The van der Waals surface area contributed by atoms with Crippen LogP contribution in [-0.4, -0.2) is 10.8 Å². The van der Waals surface area contributed by atoms with Crippen LogP contribution in [0.4, 0.5) is 11.4 Å². The Kier molecular flexibility index (Phi) is 4.37. The Hall–Kier alpha value is -1.91. The Morgan fingerprint density at radius 3 is 2.35 bits per heavy atom. The molecule has 0 atom stereocenters. The van der Waals surface area contributed by atoms with Gasteiger partial charge >= 0.3 is 0 Å². The molecule has 1 N–H and O–H groups in total. The van der Waals surface area contributed by atoms with E-state index < -0.39 is 4.92 Å². The Labute approximate surface area is 118 Å². The van der Waals surface area contributed by atoms with Crippen molar-refractivity contribution in [2.45, 2.75) is 46.0 Å². The number of carbonyl (C=O) groups is 1. The normalized spacial score (nSPS) is 15.3. The number of carbonyl (C=O) groups excluding carboxylic acids is 1.